The molecule has 4 heteroatoms. The van der Waals surface area contributed by atoms with Gasteiger partial charge in [-0.25, -0.2) is 0 Å². The first-order chi connectivity index (χ1) is 10.2. The van der Waals surface area contributed by atoms with Crippen LogP contribution < -0.4 is 5.32 Å². The third-order valence-electron chi connectivity index (χ3n) is 3.02. The maximum Gasteiger partial charge on any atom is 0.0716 e. The Bertz CT molecular complexity index is 352. The van der Waals surface area contributed by atoms with E-state index in [1.54, 1.807) is 7.11 Å². The highest BCUT2D eigenvalue weighted by Gasteiger charge is 1.97. The third kappa shape index (κ3) is 9.58. The van der Waals surface area contributed by atoms with Crippen LogP contribution in [0.2, 0.25) is 0 Å². The zero-order valence-electron chi connectivity index (χ0n) is 13.6. The van der Waals surface area contributed by atoms with Crippen molar-refractivity contribution in [2.45, 2.75) is 39.5 Å². The number of benzene rings is 1. The van der Waals surface area contributed by atoms with Gasteiger partial charge in [-0.3, -0.25) is 0 Å². The minimum atomic E-state index is 0.513. The van der Waals surface area contributed by atoms with Crippen LogP contribution >= 0.6 is 0 Å². The smallest absolute Gasteiger partial charge is 0.0716 e. The van der Waals surface area contributed by atoms with Gasteiger partial charge in [0.25, 0.3) is 0 Å². The fourth-order valence-corrected chi connectivity index (χ4v) is 1.77. The highest BCUT2D eigenvalue weighted by atomic mass is 16.5. The van der Waals surface area contributed by atoms with E-state index in [2.05, 4.69) is 43.4 Å². The molecule has 1 aromatic rings. The molecule has 0 saturated carbocycles. The standard InChI is InChI=1S/C17H29NO3/c1-15(2)18-13-16-5-7-17(8-6-16)14-21-10-4-9-20-12-11-19-3/h5-8,15,18H,4,9-14H2,1-3H3. The van der Waals surface area contributed by atoms with Crippen molar-refractivity contribution in [3.8, 4) is 0 Å². The van der Waals surface area contributed by atoms with E-state index in [0.717, 1.165) is 26.2 Å². The van der Waals surface area contributed by atoms with Crippen molar-refractivity contribution in [2.75, 3.05) is 33.5 Å². The molecule has 0 saturated heterocycles. The summed E-state index contributed by atoms with van der Waals surface area (Å²) in [7, 11) is 1.68. The average Bonchev–Trinajstić information content (AvgIpc) is 2.49. The number of ether oxygens (including phenoxy) is 3. The lowest BCUT2D eigenvalue weighted by Crippen LogP contribution is -2.21. The largest absolute Gasteiger partial charge is 0.382 e. The van der Waals surface area contributed by atoms with Gasteiger partial charge < -0.3 is 19.5 Å². The molecule has 0 radical (unpaired) electrons. The SMILES string of the molecule is COCCOCCCOCc1ccc(CNC(C)C)cc1. The molecule has 1 rings (SSSR count). The fourth-order valence-electron chi connectivity index (χ4n) is 1.77. The van der Waals surface area contributed by atoms with E-state index in [9.17, 15) is 0 Å². The van der Waals surface area contributed by atoms with Crippen LogP contribution in [0.4, 0.5) is 0 Å². The first-order valence-electron chi connectivity index (χ1n) is 7.68. The topological polar surface area (TPSA) is 39.7 Å². The predicted molar refractivity (Wildman–Crippen MR) is 85.4 cm³/mol. The normalized spacial score (nSPS) is 11.2. The third-order valence-corrected chi connectivity index (χ3v) is 3.02. The van der Waals surface area contributed by atoms with Crippen LogP contribution in [-0.4, -0.2) is 39.6 Å². The van der Waals surface area contributed by atoms with Gasteiger partial charge in [0, 0.05) is 32.9 Å². The molecule has 0 aliphatic carbocycles. The molecule has 120 valence electrons. The lowest BCUT2D eigenvalue weighted by atomic mass is 10.1. The Morgan fingerprint density at radius 3 is 2.24 bits per heavy atom. The first-order valence-corrected chi connectivity index (χ1v) is 7.68. The van der Waals surface area contributed by atoms with Crippen molar-refractivity contribution >= 4 is 0 Å². The van der Waals surface area contributed by atoms with E-state index in [1.807, 2.05) is 0 Å². The molecule has 0 amide bonds. The van der Waals surface area contributed by atoms with Crippen molar-refractivity contribution in [2.24, 2.45) is 0 Å². The van der Waals surface area contributed by atoms with Crippen LogP contribution in [0, 0.1) is 0 Å². The summed E-state index contributed by atoms with van der Waals surface area (Å²) in [5.41, 5.74) is 2.52. The zero-order valence-corrected chi connectivity index (χ0v) is 13.6. The lowest BCUT2D eigenvalue weighted by molar-refractivity contribution is 0.0483. The summed E-state index contributed by atoms with van der Waals surface area (Å²) in [4.78, 5) is 0. The van der Waals surface area contributed by atoms with Gasteiger partial charge in [-0.15, -0.1) is 0 Å². The molecule has 0 aliphatic rings. The van der Waals surface area contributed by atoms with Gasteiger partial charge in [-0.1, -0.05) is 38.1 Å². The molecule has 21 heavy (non-hydrogen) atoms. The molecule has 0 unspecified atom stereocenters. The Hall–Kier alpha value is -0.940. The molecular formula is C17H29NO3. The number of methoxy groups -OCH3 is 1. The highest BCUT2D eigenvalue weighted by Crippen LogP contribution is 2.06. The van der Waals surface area contributed by atoms with Gasteiger partial charge in [-0.05, 0) is 17.5 Å². The van der Waals surface area contributed by atoms with Crippen molar-refractivity contribution in [1.82, 2.24) is 5.32 Å². The van der Waals surface area contributed by atoms with Crippen molar-refractivity contribution in [1.29, 1.82) is 0 Å². The van der Waals surface area contributed by atoms with Crippen molar-refractivity contribution in [3.05, 3.63) is 35.4 Å². The molecule has 0 aliphatic heterocycles. The lowest BCUT2D eigenvalue weighted by Gasteiger charge is -2.09. The number of hydrogen-bond acceptors (Lipinski definition) is 4. The van der Waals surface area contributed by atoms with Gasteiger partial charge in [0.2, 0.25) is 0 Å². The Morgan fingerprint density at radius 2 is 1.57 bits per heavy atom. The Kier molecular flexibility index (Phi) is 10.1. The van der Waals surface area contributed by atoms with Gasteiger partial charge >= 0.3 is 0 Å². The van der Waals surface area contributed by atoms with Crippen molar-refractivity contribution in [3.63, 3.8) is 0 Å². The number of hydrogen-bond donors (Lipinski definition) is 1. The van der Waals surface area contributed by atoms with E-state index >= 15 is 0 Å². The van der Waals surface area contributed by atoms with E-state index in [-0.39, 0.29) is 0 Å². The summed E-state index contributed by atoms with van der Waals surface area (Å²) >= 11 is 0. The zero-order chi connectivity index (χ0) is 15.3. The van der Waals surface area contributed by atoms with Crippen LogP contribution in [0.25, 0.3) is 0 Å². The monoisotopic (exact) mass is 295 g/mol. The van der Waals surface area contributed by atoms with E-state index in [1.165, 1.54) is 11.1 Å². The van der Waals surface area contributed by atoms with E-state index < -0.39 is 0 Å². The molecular weight excluding hydrogens is 266 g/mol. The minimum absolute atomic E-state index is 0.513. The average molecular weight is 295 g/mol. The molecule has 0 heterocycles. The van der Waals surface area contributed by atoms with Gasteiger partial charge in [0.05, 0.1) is 19.8 Å². The summed E-state index contributed by atoms with van der Waals surface area (Å²) in [6.07, 6.45) is 0.917. The highest BCUT2D eigenvalue weighted by molar-refractivity contribution is 5.21. The molecule has 1 aromatic carbocycles. The van der Waals surface area contributed by atoms with Crippen LogP contribution in [0.5, 0.6) is 0 Å². The van der Waals surface area contributed by atoms with E-state index in [4.69, 9.17) is 14.2 Å². The summed E-state index contributed by atoms with van der Waals surface area (Å²) in [6.45, 7) is 8.64. The molecule has 0 bridgehead atoms. The van der Waals surface area contributed by atoms with Crippen LogP contribution in [-0.2, 0) is 27.4 Å². The summed E-state index contributed by atoms with van der Waals surface area (Å²) in [6, 6.07) is 9.09. The molecule has 4 nitrogen and oxygen atoms in total. The molecule has 0 aromatic heterocycles. The van der Waals surface area contributed by atoms with Crippen LogP contribution in [0.1, 0.15) is 31.4 Å². The van der Waals surface area contributed by atoms with Gasteiger partial charge in [-0.2, -0.15) is 0 Å². The van der Waals surface area contributed by atoms with Gasteiger partial charge in [0.15, 0.2) is 0 Å². The van der Waals surface area contributed by atoms with Crippen LogP contribution in [0.3, 0.4) is 0 Å². The second-order valence-corrected chi connectivity index (χ2v) is 5.36. The molecule has 0 spiro atoms. The maximum atomic E-state index is 5.64. The fraction of sp³-hybridized carbons (Fsp3) is 0.647. The molecule has 0 fully saturated rings. The summed E-state index contributed by atoms with van der Waals surface area (Å²) < 4.78 is 15.9. The van der Waals surface area contributed by atoms with Gasteiger partial charge in [0.1, 0.15) is 0 Å². The quantitative estimate of drug-likeness (QED) is 0.602. The second-order valence-electron chi connectivity index (χ2n) is 5.36. The number of nitrogens with one attached hydrogen (secondary N) is 1. The summed E-state index contributed by atoms with van der Waals surface area (Å²) in [5.74, 6) is 0. The molecule has 1 N–H and O–H groups in total. The minimum Gasteiger partial charge on any atom is -0.382 e. The Morgan fingerprint density at radius 1 is 0.905 bits per heavy atom. The summed E-state index contributed by atoms with van der Waals surface area (Å²) in [5, 5.41) is 3.41. The van der Waals surface area contributed by atoms with Crippen molar-refractivity contribution < 1.29 is 14.2 Å². The first kappa shape index (κ1) is 18.1. The maximum absolute atomic E-state index is 5.64. The Balaban J connectivity index is 2.07. The van der Waals surface area contributed by atoms with Crippen LogP contribution in [0.15, 0.2) is 24.3 Å². The number of rotatable bonds is 12. The molecule has 0 atom stereocenters. The second kappa shape index (κ2) is 11.7. The predicted octanol–water partition coefficient (Wildman–Crippen LogP) is 2.75. The van der Waals surface area contributed by atoms with E-state index in [0.29, 0.717) is 25.9 Å². The Labute approximate surface area is 128 Å².